The van der Waals surface area contributed by atoms with E-state index in [0.29, 0.717) is 44.9 Å². The van der Waals surface area contributed by atoms with Crippen LogP contribution in [0.2, 0.25) is 20.1 Å². The Morgan fingerprint density at radius 3 is 2.09 bits per heavy atom. The first kappa shape index (κ1) is 26.5. The number of thioether (sulfide) groups is 1. The summed E-state index contributed by atoms with van der Waals surface area (Å²) in [5.41, 5.74) is 1.87. The Balaban J connectivity index is 1.69. The molecule has 35 heavy (non-hydrogen) atoms. The fourth-order valence-corrected chi connectivity index (χ4v) is 6.61. The van der Waals surface area contributed by atoms with Gasteiger partial charge in [-0.05, 0) is 66.4 Å². The van der Waals surface area contributed by atoms with Crippen molar-refractivity contribution in [2.24, 2.45) is 4.40 Å². The number of benzene rings is 3. The lowest BCUT2D eigenvalue weighted by molar-refractivity contribution is 0.336. The van der Waals surface area contributed by atoms with Gasteiger partial charge in [-0.3, -0.25) is 0 Å². The lowest BCUT2D eigenvalue weighted by Gasteiger charge is -2.44. The zero-order valence-corrected chi connectivity index (χ0v) is 23.2. The van der Waals surface area contributed by atoms with Crippen LogP contribution in [0.15, 0.2) is 76.0 Å². The van der Waals surface area contributed by atoms with Crippen molar-refractivity contribution in [2.45, 2.75) is 10.9 Å². The van der Waals surface area contributed by atoms with E-state index in [1.807, 2.05) is 47.6 Å². The summed E-state index contributed by atoms with van der Waals surface area (Å²) in [6.07, 6.45) is 1.82. The molecule has 0 N–H and O–H groups in total. The summed E-state index contributed by atoms with van der Waals surface area (Å²) in [5, 5.41) is 2.62. The van der Waals surface area contributed by atoms with Gasteiger partial charge in [-0.1, -0.05) is 70.3 Å². The number of hydrogen-bond acceptors (Lipinski definition) is 4. The predicted molar refractivity (Wildman–Crippen MR) is 149 cm³/mol. The van der Waals surface area contributed by atoms with Crippen LogP contribution in [0.1, 0.15) is 11.6 Å². The molecule has 0 amide bonds. The minimum absolute atomic E-state index is 0.0919. The summed E-state index contributed by atoms with van der Waals surface area (Å²) in [7, 11) is -3.90. The summed E-state index contributed by atoms with van der Waals surface area (Å²) in [6, 6.07) is 18.9. The Bertz CT molecular complexity index is 1330. The zero-order chi connectivity index (χ0) is 25.2. The zero-order valence-electron chi connectivity index (χ0n) is 18.5. The molecule has 1 unspecified atom stereocenters. The summed E-state index contributed by atoms with van der Waals surface area (Å²) in [4.78, 5) is 4.27. The summed E-state index contributed by atoms with van der Waals surface area (Å²) in [6.45, 7) is 1.64. The van der Waals surface area contributed by atoms with E-state index < -0.39 is 10.0 Å². The van der Waals surface area contributed by atoms with Crippen LogP contribution in [0, 0.1) is 0 Å². The van der Waals surface area contributed by atoms with Crippen molar-refractivity contribution in [3.63, 3.8) is 0 Å². The number of hydrogen-bond donors (Lipinski definition) is 0. The average molecular weight is 589 g/mol. The lowest BCUT2D eigenvalue weighted by atomic mass is 10.0. The molecule has 1 heterocycles. The van der Waals surface area contributed by atoms with Gasteiger partial charge < -0.3 is 9.80 Å². The Labute approximate surface area is 229 Å². The number of sulfonamides is 1. The third-order valence-corrected chi connectivity index (χ3v) is 8.77. The second kappa shape index (κ2) is 11.2. The summed E-state index contributed by atoms with van der Waals surface area (Å²) < 4.78 is 30.1. The van der Waals surface area contributed by atoms with Gasteiger partial charge in [0.1, 0.15) is 0 Å². The molecule has 5 nitrogen and oxygen atoms in total. The Kier molecular flexibility index (Phi) is 8.46. The molecule has 0 saturated carbocycles. The van der Waals surface area contributed by atoms with Crippen molar-refractivity contribution in [3.05, 3.63) is 92.4 Å². The fourth-order valence-electron chi connectivity index (χ4n) is 3.92. The number of anilines is 1. The van der Waals surface area contributed by atoms with Gasteiger partial charge in [-0.15, -0.1) is 4.40 Å². The van der Waals surface area contributed by atoms with Crippen molar-refractivity contribution in [2.75, 3.05) is 30.8 Å². The minimum atomic E-state index is -3.90. The number of piperazine rings is 1. The number of amidine groups is 1. The normalized spacial score (nSPS) is 17.1. The van der Waals surface area contributed by atoms with Crippen LogP contribution in [0.25, 0.3) is 0 Å². The number of nitrogens with zero attached hydrogens (tertiary/aromatic N) is 3. The molecule has 1 aliphatic rings. The summed E-state index contributed by atoms with van der Waals surface area (Å²) in [5.74, 6) is 0. The summed E-state index contributed by atoms with van der Waals surface area (Å²) >= 11 is 26.0. The van der Waals surface area contributed by atoms with E-state index in [-0.39, 0.29) is 10.9 Å². The largest absolute Gasteiger partial charge is 0.360 e. The van der Waals surface area contributed by atoms with Crippen molar-refractivity contribution in [1.29, 1.82) is 0 Å². The van der Waals surface area contributed by atoms with Crippen molar-refractivity contribution in [1.82, 2.24) is 4.90 Å². The second-order valence-corrected chi connectivity index (χ2v) is 11.9. The number of halogens is 4. The van der Waals surface area contributed by atoms with Crippen LogP contribution in [0.4, 0.5) is 5.69 Å². The minimum Gasteiger partial charge on any atom is -0.360 e. The van der Waals surface area contributed by atoms with Crippen LogP contribution in [-0.2, 0) is 10.0 Å². The molecule has 3 aromatic rings. The van der Waals surface area contributed by atoms with Crippen molar-refractivity contribution < 1.29 is 8.42 Å². The SMILES string of the molecule is CSC(=NS(=O)(=O)c1ccc(Cl)cc1)N1CCN(c2ccc(Cl)cc2Cl)C(c2ccc(Cl)cc2)C1. The van der Waals surface area contributed by atoms with E-state index in [1.165, 1.54) is 36.0 Å². The van der Waals surface area contributed by atoms with Gasteiger partial charge in [0, 0.05) is 34.7 Å². The molecule has 0 bridgehead atoms. The quantitative estimate of drug-likeness (QED) is 0.237. The van der Waals surface area contributed by atoms with Crippen LogP contribution in [0.3, 0.4) is 0 Å². The highest BCUT2D eigenvalue weighted by Crippen LogP contribution is 2.37. The number of rotatable bonds is 4. The standard InChI is InChI=1S/C24H21Cl4N3O2S2/c1-34-24(29-35(32,33)20-9-6-18(26)7-10-20)30-12-13-31(22-11-8-19(27)14-21(22)28)23(15-30)16-2-4-17(25)5-3-16/h2-11,14,23H,12-13,15H2,1H3. The molecule has 1 fully saturated rings. The maximum atomic E-state index is 13.0. The third kappa shape index (κ3) is 6.21. The van der Waals surface area contributed by atoms with Crippen LogP contribution < -0.4 is 4.90 Å². The second-order valence-electron chi connectivity index (χ2n) is 7.81. The molecule has 3 aromatic carbocycles. The third-order valence-electron chi connectivity index (χ3n) is 5.62. The highest BCUT2D eigenvalue weighted by Gasteiger charge is 2.32. The molecule has 0 aromatic heterocycles. The van der Waals surface area contributed by atoms with Crippen LogP contribution >= 0.6 is 58.2 Å². The van der Waals surface area contributed by atoms with Gasteiger partial charge in [0.2, 0.25) is 0 Å². The molecule has 0 aliphatic carbocycles. The van der Waals surface area contributed by atoms with Gasteiger partial charge in [-0.2, -0.15) is 8.42 Å². The highest BCUT2D eigenvalue weighted by molar-refractivity contribution is 8.13. The molecule has 4 rings (SSSR count). The average Bonchev–Trinajstić information content (AvgIpc) is 2.83. The maximum absolute atomic E-state index is 13.0. The monoisotopic (exact) mass is 587 g/mol. The Morgan fingerprint density at radius 2 is 1.49 bits per heavy atom. The van der Waals surface area contributed by atoms with E-state index in [1.54, 1.807) is 6.07 Å². The molecular formula is C24H21Cl4N3O2S2. The molecular weight excluding hydrogens is 568 g/mol. The molecule has 11 heteroatoms. The molecule has 1 saturated heterocycles. The molecule has 0 spiro atoms. The van der Waals surface area contributed by atoms with Gasteiger partial charge in [0.05, 0.1) is 21.6 Å². The maximum Gasteiger partial charge on any atom is 0.284 e. The topological polar surface area (TPSA) is 53.0 Å². The first-order chi connectivity index (χ1) is 16.7. The fraction of sp³-hybridized carbons (Fsp3) is 0.208. The molecule has 184 valence electrons. The van der Waals surface area contributed by atoms with E-state index in [9.17, 15) is 8.42 Å². The smallest absolute Gasteiger partial charge is 0.284 e. The van der Waals surface area contributed by atoms with Crippen LogP contribution in [0.5, 0.6) is 0 Å². The predicted octanol–water partition coefficient (Wildman–Crippen LogP) is 7.27. The van der Waals surface area contributed by atoms with E-state index in [0.717, 1.165) is 11.3 Å². The van der Waals surface area contributed by atoms with E-state index >= 15 is 0 Å². The first-order valence-corrected chi connectivity index (χ1v) is 14.7. The van der Waals surface area contributed by atoms with Gasteiger partial charge in [0.25, 0.3) is 10.0 Å². The molecule has 1 atom stereocenters. The first-order valence-electron chi connectivity index (χ1n) is 10.5. The van der Waals surface area contributed by atoms with Gasteiger partial charge >= 0.3 is 0 Å². The Hall–Kier alpha value is -1.61. The van der Waals surface area contributed by atoms with Crippen molar-refractivity contribution in [3.8, 4) is 0 Å². The van der Waals surface area contributed by atoms with E-state index in [2.05, 4.69) is 9.30 Å². The molecule has 0 radical (unpaired) electrons. The van der Waals surface area contributed by atoms with Crippen LogP contribution in [-0.4, -0.2) is 44.4 Å². The lowest BCUT2D eigenvalue weighted by Crippen LogP contribution is -2.50. The highest BCUT2D eigenvalue weighted by atomic mass is 35.5. The van der Waals surface area contributed by atoms with Gasteiger partial charge in [0.15, 0.2) is 5.17 Å². The Morgan fingerprint density at radius 1 is 0.886 bits per heavy atom. The van der Waals surface area contributed by atoms with Crippen molar-refractivity contribution >= 4 is 79.0 Å². The van der Waals surface area contributed by atoms with Gasteiger partial charge in [-0.25, -0.2) is 0 Å². The van der Waals surface area contributed by atoms with E-state index in [4.69, 9.17) is 46.4 Å². The molecule has 1 aliphatic heterocycles.